The van der Waals surface area contributed by atoms with Crippen molar-refractivity contribution >= 4 is 0 Å². The molecule has 1 nitrogen and oxygen atoms in total. The van der Waals surface area contributed by atoms with Crippen LogP contribution in [0.2, 0.25) is 0 Å². The van der Waals surface area contributed by atoms with Crippen molar-refractivity contribution in [1.29, 1.82) is 0 Å². The fourth-order valence-corrected chi connectivity index (χ4v) is 3.12. The Kier molecular flexibility index (Phi) is 7.92. The summed E-state index contributed by atoms with van der Waals surface area (Å²) < 4.78 is 0. The third kappa shape index (κ3) is 5.34. The van der Waals surface area contributed by atoms with Crippen LogP contribution in [0.4, 0.5) is 0 Å². The molecule has 1 aliphatic rings. The zero-order chi connectivity index (χ0) is 11.6. The van der Waals surface area contributed by atoms with Crippen LogP contribution in [0.5, 0.6) is 0 Å². The predicted molar refractivity (Wildman–Crippen MR) is 72.8 cm³/mol. The van der Waals surface area contributed by atoms with Crippen LogP contribution in [0.1, 0.15) is 77.6 Å². The Hall–Kier alpha value is -0.0400. The fourth-order valence-electron chi connectivity index (χ4n) is 3.12. The molecule has 96 valence electrons. The third-order valence-corrected chi connectivity index (χ3v) is 4.21. The summed E-state index contributed by atoms with van der Waals surface area (Å²) in [7, 11) is 2.15. The Morgan fingerprint density at radius 1 is 0.938 bits per heavy atom. The summed E-state index contributed by atoms with van der Waals surface area (Å²) in [6, 6.07) is 0.814. The second-order valence-corrected chi connectivity index (χ2v) is 5.50. The van der Waals surface area contributed by atoms with Gasteiger partial charge in [-0.1, -0.05) is 58.3 Å². The molecule has 0 spiro atoms. The molecule has 16 heavy (non-hydrogen) atoms. The highest BCUT2D eigenvalue weighted by atomic mass is 14.9. The quantitative estimate of drug-likeness (QED) is 0.496. The molecule has 0 heterocycles. The second-order valence-electron chi connectivity index (χ2n) is 5.50. The Labute approximate surface area is 102 Å². The topological polar surface area (TPSA) is 12.0 Å². The maximum Gasteiger partial charge on any atom is 0.00923 e. The van der Waals surface area contributed by atoms with Gasteiger partial charge in [0.15, 0.2) is 0 Å². The van der Waals surface area contributed by atoms with Gasteiger partial charge in [-0.2, -0.15) is 0 Å². The van der Waals surface area contributed by atoms with E-state index in [1.807, 2.05) is 0 Å². The summed E-state index contributed by atoms with van der Waals surface area (Å²) in [5.41, 5.74) is 0. The van der Waals surface area contributed by atoms with Crippen molar-refractivity contribution in [3.63, 3.8) is 0 Å². The summed E-state index contributed by atoms with van der Waals surface area (Å²) in [5, 5.41) is 3.55. The van der Waals surface area contributed by atoms with Crippen molar-refractivity contribution in [3.05, 3.63) is 0 Å². The minimum absolute atomic E-state index is 0.814. The van der Waals surface area contributed by atoms with E-state index in [0.717, 1.165) is 12.0 Å². The van der Waals surface area contributed by atoms with E-state index in [1.54, 1.807) is 0 Å². The number of nitrogens with one attached hydrogen (secondary N) is 1. The number of rotatable bonds is 7. The molecule has 1 heteroatoms. The smallest absolute Gasteiger partial charge is 0.00923 e. The molecule has 0 aromatic carbocycles. The molecule has 0 aliphatic heterocycles. The SMILES string of the molecule is CCCCCCCC1CCCCCC1NC. The van der Waals surface area contributed by atoms with E-state index < -0.39 is 0 Å². The van der Waals surface area contributed by atoms with Crippen molar-refractivity contribution in [2.45, 2.75) is 83.6 Å². The van der Waals surface area contributed by atoms with Crippen molar-refractivity contribution in [2.75, 3.05) is 7.05 Å². The highest BCUT2D eigenvalue weighted by Crippen LogP contribution is 2.27. The molecular weight excluding hydrogens is 194 g/mol. The van der Waals surface area contributed by atoms with E-state index >= 15 is 0 Å². The first-order chi connectivity index (χ1) is 7.88. The second kappa shape index (κ2) is 9.04. The van der Waals surface area contributed by atoms with Crippen LogP contribution >= 0.6 is 0 Å². The maximum atomic E-state index is 3.55. The van der Waals surface area contributed by atoms with Gasteiger partial charge in [0.1, 0.15) is 0 Å². The Morgan fingerprint density at radius 3 is 2.44 bits per heavy atom. The highest BCUT2D eigenvalue weighted by Gasteiger charge is 2.21. The lowest BCUT2D eigenvalue weighted by Crippen LogP contribution is -2.32. The Bertz CT molecular complexity index is 156. The predicted octanol–water partition coefficient (Wildman–Crippen LogP) is 4.52. The molecule has 1 aliphatic carbocycles. The maximum absolute atomic E-state index is 3.55. The molecule has 0 radical (unpaired) electrons. The van der Waals surface area contributed by atoms with Crippen molar-refractivity contribution in [2.24, 2.45) is 5.92 Å². The molecule has 0 aromatic rings. The Balaban J connectivity index is 2.15. The molecule has 1 fully saturated rings. The van der Waals surface area contributed by atoms with Crippen LogP contribution in [-0.2, 0) is 0 Å². The molecule has 0 saturated heterocycles. The van der Waals surface area contributed by atoms with E-state index in [4.69, 9.17) is 0 Å². The lowest BCUT2D eigenvalue weighted by Gasteiger charge is -2.24. The minimum atomic E-state index is 0.814. The average molecular weight is 225 g/mol. The summed E-state index contributed by atoms with van der Waals surface area (Å²) in [6.45, 7) is 2.29. The van der Waals surface area contributed by atoms with E-state index in [9.17, 15) is 0 Å². The summed E-state index contributed by atoms with van der Waals surface area (Å²) >= 11 is 0. The van der Waals surface area contributed by atoms with Gasteiger partial charge in [0.05, 0.1) is 0 Å². The number of unbranched alkanes of at least 4 members (excludes halogenated alkanes) is 4. The number of hydrogen-bond acceptors (Lipinski definition) is 1. The molecule has 2 atom stereocenters. The van der Waals surface area contributed by atoms with Gasteiger partial charge in [0.2, 0.25) is 0 Å². The molecule has 0 bridgehead atoms. The first-order valence-electron chi connectivity index (χ1n) is 7.55. The number of hydrogen-bond donors (Lipinski definition) is 1. The van der Waals surface area contributed by atoms with Gasteiger partial charge in [-0.25, -0.2) is 0 Å². The molecular formula is C15H31N. The highest BCUT2D eigenvalue weighted by molar-refractivity contribution is 4.78. The summed E-state index contributed by atoms with van der Waals surface area (Å²) in [5.74, 6) is 0.967. The lowest BCUT2D eigenvalue weighted by molar-refractivity contribution is 0.321. The molecule has 1 N–H and O–H groups in total. The summed E-state index contributed by atoms with van der Waals surface area (Å²) in [4.78, 5) is 0. The molecule has 1 rings (SSSR count). The standard InChI is InChI=1S/C15H31N/c1-3-4-5-6-8-11-14-12-9-7-10-13-15(14)16-2/h14-16H,3-13H2,1-2H3. The normalized spacial score (nSPS) is 26.6. The van der Waals surface area contributed by atoms with Gasteiger partial charge in [0, 0.05) is 6.04 Å². The minimum Gasteiger partial charge on any atom is -0.317 e. The molecule has 2 unspecified atom stereocenters. The van der Waals surface area contributed by atoms with Gasteiger partial charge in [-0.15, -0.1) is 0 Å². The average Bonchev–Trinajstić information content (AvgIpc) is 2.53. The van der Waals surface area contributed by atoms with Crippen LogP contribution in [0, 0.1) is 5.92 Å². The van der Waals surface area contributed by atoms with Gasteiger partial charge < -0.3 is 5.32 Å². The lowest BCUT2D eigenvalue weighted by atomic mass is 9.89. The van der Waals surface area contributed by atoms with Crippen LogP contribution in [0.3, 0.4) is 0 Å². The van der Waals surface area contributed by atoms with Crippen molar-refractivity contribution in [3.8, 4) is 0 Å². The fraction of sp³-hybridized carbons (Fsp3) is 1.00. The van der Waals surface area contributed by atoms with Gasteiger partial charge in [-0.05, 0) is 32.2 Å². The van der Waals surface area contributed by atoms with Crippen LogP contribution in [-0.4, -0.2) is 13.1 Å². The van der Waals surface area contributed by atoms with Crippen LogP contribution in [0.15, 0.2) is 0 Å². The molecule has 0 aromatic heterocycles. The van der Waals surface area contributed by atoms with E-state index in [-0.39, 0.29) is 0 Å². The first kappa shape index (κ1) is 14.0. The van der Waals surface area contributed by atoms with Crippen LogP contribution in [0.25, 0.3) is 0 Å². The van der Waals surface area contributed by atoms with Gasteiger partial charge >= 0.3 is 0 Å². The largest absolute Gasteiger partial charge is 0.317 e. The zero-order valence-corrected chi connectivity index (χ0v) is 11.4. The Morgan fingerprint density at radius 2 is 1.69 bits per heavy atom. The van der Waals surface area contributed by atoms with Crippen molar-refractivity contribution < 1.29 is 0 Å². The van der Waals surface area contributed by atoms with E-state index in [2.05, 4.69) is 19.3 Å². The van der Waals surface area contributed by atoms with Crippen LogP contribution < -0.4 is 5.32 Å². The van der Waals surface area contributed by atoms with E-state index in [1.165, 1.54) is 70.6 Å². The first-order valence-corrected chi connectivity index (χ1v) is 7.55. The van der Waals surface area contributed by atoms with E-state index in [0.29, 0.717) is 0 Å². The molecule has 1 saturated carbocycles. The summed E-state index contributed by atoms with van der Waals surface area (Å²) in [6.07, 6.45) is 15.9. The van der Waals surface area contributed by atoms with Crippen molar-refractivity contribution in [1.82, 2.24) is 5.32 Å². The third-order valence-electron chi connectivity index (χ3n) is 4.21. The zero-order valence-electron chi connectivity index (χ0n) is 11.4. The van der Waals surface area contributed by atoms with Gasteiger partial charge in [-0.3, -0.25) is 0 Å². The molecule has 0 amide bonds. The van der Waals surface area contributed by atoms with Gasteiger partial charge in [0.25, 0.3) is 0 Å². The monoisotopic (exact) mass is 225 g/mol.